The summed E-state index contributed by atoms with van der Waals surface area (Å²) < 4.78 is 6.67. The second-order valence-corrected chi connectivity index (χ2v) is 6.30. The predicted molar refractivity (Wildman–Crippen MR) is 81.9 cm³/mol. The number of carbonyl (C=O) groups excluding carboxylic acids is 1. The lowest BCUT2D eigenvalue weighted by atomic mass is 10.2. The van der Waals surface area contributed by atoms with Gasteiger partial charge in [0.05, 0.1) is 12.2 Å². The molecule has 1 aliphatic rings. The summed E-state index contributed by atoms with van der Waals surface area (Å²) in [6.07, 6.45) is 0.169. The first kappa shape index (κ1) is 13.6. The summed E-state index contributed by atoms with van der Waals surface area (Å²) in [7, 11) is 0. The molecule has 0 saturated carbocycles. The molecule has 1 aromatic heterocycles. The second kappa shape index (κ2) is 5.22. The van der Waals surface area contributed by atoms with Crippen LogP contribution < -0.4 is 0 Å². The van der Waals surface area contributed by atoms with Crippen LogP contribution in [0.5, 0.6) is 0 Å². The van der Waals surface area contributed by atoms with E-state index in [4.69, 9.17) is 4.74 Å². The average molecular weight is 337 g/mol. The molecule has 2 aromatic rings. The molecule has 1 fully saturated rings. The first-order chi connectivity index (χ1) is 9.52. The van der Waals surface area contributed by atoms with Gasteiger partial charge in [0.15, 0.2) is 0 Å². The van der Waals surface area contributed by atoms with Gasteiger partial charge in [-0.2, -0.15) is 0 Å². The smallest absolute Gasteiger partial charge is 0.270 e. The predicted octanol–water partition coefficient (Wildman–Crippen LogP) is 3.18. The molecule has 3 rings (SSSR count). The van der Waals surface area contributed by atoms with Crippen molar-refractivity contribution in [3.63, 3.8) is 0 Å². The van der Waals surface area contributed by atoms with Crippen LogP contribution in [-0.2, 0) is 4.74 Å². The van der Waals surface area contributed by atoms with Crippen LogP contribution in [-0.4, -0.2) is 41.1 Å². The van der Waals surface area contributed by atoms with Gasteiger partial charge in [-0.3, -0.25) is 4.79 Å². The Kier molecular flexibility index (Phi) is 3.56. The molecule has 1 amide bonds. The van der Waals surface area contributed by atoms with Crippen LogP contribution in [0.4, 0.5) is 0 Å². The fourth-order valence-corrected chi connectivity index (χ4v) is 3.09. The highest BCUT2D eigenvalue weighted by Crippen LogP contribution is 2.22. The minimum atomic E-state index is 0.0410. The van der Waals surface area contributed by atoms with Crippen LogP contribution in [0.25, 0.3) is 10.9 Å². The number of morpholine rings is 1. The third kappa shape index (κ3) is 2.60. The van der Waals surface area contributed by atoms with Crippen molar-refractivity contribution in [3.05, 3.63) is 34.4 Å². The Labute approximate surface area is 126 Å². The minimum Gasteiger partial charge on any atom is -0.372 e. The quantitative estimate of drug-likeness (QED) is 0.869. The second-order valence-electron chi connectivity index (χ2n) is 5.38. The van der Waals surface area contributed by atoms with Crippen LogP contribution in [0.1, 0.15) is 24.3 Å². The van der Waals surface area contributed by atoms with Gasteiger partial charge in [0.25, 0.3) is 5.91 Å². The maximum Gasteiger partial charge on any atom is 0.270 e. The number of H-pyrrole nitrogens is 1. The summed E-state index contributed by atoms with van der Waals surface area (Å²) >= 11 is 3.44. The van der Waals surface area contributed by atoms with Gasteiger partial charge in [-0.1, -0.05) is 22.0 Å². The zero-order valence-corrected chi connectivity index (χ0v) is 13.1. The molecule has 2 heterocycles. The third-order valence-electron chi connectivity index (χ3n) is 3.52. The molecular weight excluding hydrogens is 320 g/mol. The van der Waals surface area contributed by atoms with Crippen molar-refractivity contribution in [2.24, 2.45) is 0 Å². The maximum atomic E-state index is 12.6. The number of nitrogens with zero attached hydrogens (tertiary/aromatic N) is 1. The van der Waals surface area contributed by atoms with Gasteiger partial charge in [0, 0.05) is 28.5 Å². The standard InChI is InChI=1S/C15H17BrN2O2/c1-9-7-18(8-10(2)20-9)15(19)14-5-11-3-4-12(16)6-13(11)17-14/h3-6,9-10,17H,7-8H2,1-2H3. The SMILES string of the molecule is CC1CN(C(=O)c2cc3ccc(Br)cc3[nH]2)CC(C)O1. The van der Waals surface area contributed by atoms with Crippen LogP contribution >= 0.6 is 15.9 Å². The molecule has 0 spiro atoms. The van der Waals surface area contributed by atoms with E-state index < -0.39 is 0 Å². The number of hydrogen-bond acceptors (Lipinski definition) is 2. The lowest BCUT2D eigenvalue weighted by molar-refractivity contribution is -0.0587. The fraction of sp³-hybridized carbons (Fsp3) is 0.400. The lowest BCUT2D eigenvalue weighted by Gasteiger charge is -2.35. The van der Waals surface area contributed by atoms with Crippen LogP contribution in [0, 0.1) is 0 Å². The molecule has 106 valence electrons. The highest BCUT2D eigenvalue weighted by molar-refractivity contribution is 9.10. The summed E-state index contributed by atoms with van der Waals surface area (Å²) in [5, 5.41) is 1.05. The number of hydrogen-bond donors (Lipinski definition) is 1. The van der Waals surface area contributed by atoms with E-state index in [-0.39, 0.29) is 18.1 Å². The fourth-order valence-electron chi connectivity index (χ4n) is 2.73. The molecule has 0 bridgehead atoms. The zero-order valence-electron chi connectivity index (χ0n) is 11.5. The highest BCUT2D eigenvalue weighted by Gasteiger charge is 2.27. The Morgan fingerprint density at radius 1 is 1.30 bits per heavy atom. The molecule has 0 radical (unpaired) electrons. The Hall–Kier alpha value is -1.33. The number of carbonyl (C=O) groups is 1. The number of rotatable bonds is 1. The highest BCUT2D eigenvalue weighted by atomic mass is 79.9. The zero-order chi connectivity index (χ0) is 14.3. The molecule has 0 aliphatic carbocycles. The first-order valence-corrected chi connectivity index (χ1v) is 7.55. The van der Waals surface area contributed by atoms with Crippen molar-refractivity contribution in [2.75, 3.05) is 13.1 Å². The Morgan fingerprint density at radius 3 is 2.70 bits per heavy atom. The molecule has 1 saturated heterocycles. The Balaban J connectivity index is 1.88. The van der Waals surface area contributed by atoms with E-state index in [1.807, 2.05) is 43.0 Å². The molecule has 1 aliphatic heterocycles. The Bertz CT molecular complexity index is 642. The monoisotopic (exact) mass is 336 g/mol. The molecule has 20 heavy (non-hydrogen) atoms. The molecule has 4 nitrogen and oxygen atoms in total. The number of halogens is 1. The normalized spacial score (nSPS) is 23.2. The van der Waals surface area contributed by atoms with Crippen molar-refractivity contribution >= 4 is 32.7 Å². The van der Waals surface area contributed by atoms with Gasteiger partial charge in [-0.05, 0) is 32.0 Å². The summed E-state index contributed by atoms with van der Waals surface area (Å²) in [6, 6.07) is 7.87. The van der Waals surface area contributed by atoms with Crippen molar-refractivity contribution in [1.29, 1.82) is 0 Å². The van der Waals surface area contributed by atoms with E-state index in [0.717, 1.165) is 15.4 Å². The minimum absolute atomic E-state index is 0.0410. The van der Waals surface area contributed by atoms with Crippen molar-refractivity contribution in [2.45, 2.75) is 26.1 Å². The van der Waals surface area contributed by atoms with Crippen LogP contribution in [0.2, 0.25) is 0 Å². The number of ether oxygens (including phenoxy) is 1. The van der Waals surface area contributed by atoms with E-state index in [1.54, 1.807) is 0 Å². The van der Waals surface area contributed by atoms with E-state index in [9.17, 15) is 4.79 Å². The summed E-state index contributed by atoms with van der Waals surface area (Å²) in [4.78, 5) is 17.6. The number of fused-ring (bicyclic) bond motifs is 1. The van der Waals surface area contributed by atoms with Crippen LogP contribution in [0.3, 0.4) is 0 Å². The van der Waals surface area contributed by atoms with Crippen molar-refractivity contribution in [3.8, 4) is 0 Å². The third-order valence-corrected chi connectivity index (χ3v) is 4.01. The lowest BCUT2D eigenvalue weighted by Crippen LogP contribution is -2.48. The van der Waals surface area contributed by atoms with Gasteiger partial charge in [0.2, 0.25) is 0 Å². The largest absolute Gasteiger partial charge is 0.372 e. The van der Waals surface area contributed by atoms with E-state index in [1.165, 1.54) is 0 Å². The molecule has 2 atom stereocenters. The van der Waals surface area contributed by atoms with Crippen molar-refractivity contribution in [1.82, 2.24) is 9.88 Å². The Morgan fingerprint density at radius 2 is 2.00 bits per heavy atom. The maximum absolute atomic E-state index is 12.6. The average Bonchev–Trinajstić information content (AvgIpc) is 2.79. The summed E-state index contributed by atoms with van der Waals surface area (Å²) in [6.45, 7) is 5.28. The number of nitrogens with one attached hydrogen (secondary N) is 1. The first-order valence-electron chi connectivity index (χ1n) is 6.76. The molecular formula is C15H17BrN2O2. The summed E-state index contributed by atoms with van der Waals surface area (Å²) in [5.41, 5.74) is 1.61. The van der Waals surface area contributed by atoms with Crippen molar-refractivity contribution < 1.29 is 9.53 Å². The van der Waals surface area contributed by atoms with Gasteiger partial charge in [0.1, 0.15) is 5.69 Å². The number of aromatic amines is 1. The molecule has 5 heteroatoms. The van der Waals surface area contributed by atoms with Gasteiger partial charge in [-0.25, -0.2) is 0 Å². The van der Waals surface area contributed by atoms with Gasteiger partial charge < -0.3 is 14.6 Å². The van der Waals surface area contributed by atoms with Crippen LogP contribution in [0.15, 0.2) is 28.7 Å². The summed E-state index contributed by atoms with van der Waals surface area (Å²) in [5.74, 6) is 0.0410. The molecule has 2 unspecified atom stereocenters. The molecule has 1 N–H and O–H groups in total. The van der Waals surface area contributed by atoms with E-state index >= 15 is 0 Å². The van der Waals surface area contributed by atoms with E-state index in [2.05, 4.69) is 20.9 Å². The molecule has 1 aromatic carbocycles. The van der Waals surface area contributed by atoms with Gasteiger partial charge in [-0.15, -0.1) is 0 Å². The van der Waals surface area contributed by atoms with Gasteiger partial charge >= 0.3 is 0 Å². The number of aromatic nitrogens is 1. The van der Waals surface area contributed by atoms with E-state index in [0.29, 0.717) is 18.8 Å². The topological polar surface area (TPSA) is 45.3 Å². The number of benzene rings is 1. The number of amides is 1.